The summed E-state index contributed by atoms with van der Waals surface area (Å²) in [5.74, 6) is 2.73. The highest BCUT2D eigenvalue weighted by Gasteiger charge is 2.35. The van der Waals surface area contributed by atoms with Crippen molar-refractivity contribution in [3.63, 3.8) is 0 Å². The van der Waals surface area contributed by atoms with Crippen molar-refractivity contribution < 1.29 is 19.0 Å². The highest BCUT2D eigenvalue weighted by atomic mass is 32.2. The van der Waals surface area contributed by atoms with E-state index in [2.05, 4.69) is 0 Å². The van der Waals surface area contributed by atoms with E-state index in [-0.39, 0.29) is 11.3 Å². The molecule has 0 radical (unpaired) electrons. The van der Waals surface area contributed by atoms with Crippen molar-refractivity contribution in [1.29, 1.82) is 0 Å². The minimum absolute atomic E-state index is 0.0975. The van der Waals surface area contributed by atoms with E-state index in [1.54, 1.807) is 33.1 Å². The van der Waals surface area contributed by atoms with Crippen molar-refractivity contribution in [2.45, 2.75) is 11.9 Å². The molecular weight excluding hydrogens is 338 g/mol. The van der Waals surface area contributed by atoms with Crippen LogP contribution in [0.25, 0.3) is 0 Å². The summed E-state index contributed by atoms with van der Waals surface area (Å²) < 4.78 is 16.1. The van der Waals surface area contributed by atoms with Crippen LogP contribution < -0.4 is 14.2 Å². The Morgan fingerprint density at radius 3 is 2.44 bits per heavy atom. The van der Waals surface area contributed by atoms with E-state index in [1.165, 1.54) is 0 Å². The maximum absolute atomic E-state index is 12.4. The van der Waals surface area contributed by atoms with Gasteiger partial charge in [-0.1, -0.05) is 24.3 Å². The normalized spacial score (nSPS) is 16.8. The minimum Gasteiger partial charge on any atom is -0.497 e. The number of benzene rings is 2. The fourth-order valence-electron chi connectivity index (χ4n) is 2.92. The lowest BCUT2D eigenvalue weighted by Crippen LogP contribution is -2.27. The van der Waals surface area contributed by atoms with Crippen LogP contribution in [0.2, 0.25) is 0 Å². The molecule has 1 aliphatic heterocycles. The van der Waals surface area contributed by atoms with E-state index in [9.17, 15) is 4.79 Å². The number of para-hydroxylation sites is 1. The molecule has 1 saturated heterocycles. The first-order valence-electron chi connectivity index (χ1n) is 7.92. The Hall–Kier alpha value is -2.34. The highest BCUT2D eigenvalue weighted by molar-refractivity contribution is 8.00. The quantitative estimate of drug-likeness (QED) is 0.790. The predicted molar refractivity (Wildman–Crippen MR) is 98.3 cm³/mol. The van der Waals surface area contributed by atoms with Crippen molar-refractivity contribution in [1.82, 2.24) is 4.90 Å². The summed E-state index contributed by atoms with van der Waals surface area (Å²) in [7, 11) is 4.88. The van der Waals surface area contributed by atoms with Crippen LogP contribution in [0, 0.1) is 0 Å². The number of carbonyl (C=O) groups excluding carboxylic acids is 1. The third-order valence-corrected chi connectivity index (χ3v) is 5.42. The molecule has 3 rings (SSSR count). The van der Waals surface area contributed by atoms with Crippen molar-refractivity contribution in [2.75, 3.05) is 27.1 Å². The Bertz CT molecular complexity index is 748. The van der Waals surface area contributed by atoms with Crippen LogP contribution in [0.1, 0.15) is 16.5 Å². The van der Waals surface area contributed by atoms with E-state index < -0.39 is 0 Å². The molecule has 132 valence electrons. The van der Waals surface area contributed by atoms with Gasteiger partial charge in [-0.05, 0) is 23.8 Å². The second-order valence-corrected chi connectivity index (χ2v) is 6.68. The zero-order chi connectivity index (χ0) is 17.8. The molecule has 1 unspecified atom stereocenters. The highest BCUT2D eigenvalue weighted by Crippen LogP contribution is 2.46. The van der Waals surface area contributed by atoms with Gasteiger partial charge in [-0.25, -0.2) is 0 Å². The van der Waals surface area contributed by atoms with Crippen molar-refractivity contribution in [3.05, 3.63) is 53.6 Å². The van der Waals surface area contributed by atoms with E-state index >= 15 is 0 Å². The second kappa shape index (κ2) is 7.70. The number of hydrogen-bond acceptors (Lipinski definition) is 5. The van der Waals surface area contributed by atoms with Crippen LogP contribution in [0.4, 0.5) is 0 Å². The lowest BCUT2D eigenvalue weighted by molar-refractivity contribution is -0.128. The molecule has 1 aliphatic rings. The molecule has 1 atom stereocenters. The number of ether oxygens (including phenoxy) is 3. The van der Waals surface area contributed by atoms with E-state index in [0.717, 1.165) is 16.9 Å². The zero-order valence-electron chi connectivity index (χ0n) is 14.5. The van der Waals surface area contributed by atoms with E-state index in [4.69, 9.17) is 14.2 Å². The Labute approximate surface area is 151 Å². The van der Waals surface area contributed by atoms with Gasteiger partial charge >= 0.3 is 0 Å². The number of carbonyl (C=O) groups is 1. The maximum atomic E-state index is 12.4. The number of methoxy groups -OCH3 is 3. The summed E-state index contributed by atoms with van der Waals surface area (Å²) in [6.45, 7) is 0.543. The fraction of sp³-hybridized carbons (Fsp3) is 0.316. The Morgan fingerprint density at radius 1 is 1.04 bits per heavy atom. The van der Waals surface area contributed by atoms with Gasteiger partial charge < -0.3 is 19.1 Å². The van der Waals surface area contributed by atoms with Crippen molar-refractivity contribution in [2.24, 2.45) is 0 Å². The minimum atomic E-state index is -0.0975. The van der Waals surface area contributed by atoms with Gasteiger partial charge in [-0.2, -0.15) is 0 Å². The van der Waals surface area contributed by atoms with Crippen molar-refractivity contribution >= 4 is 17.7 Å². The summed E-state index contributed by atoms with van der Waals surface area (Å²) in [6, 6.07) is 13.5. The average molecular weight is 359 g/mol. The molecule has 0 aliphatic carbocycles. The van der Waals surface area contributed by atoms with Crippen LogP contribution in [0.3, 0.4) is 0 Å². The first-order chi connectivity index (χ1) is 12.2. The molecule has 2 aromatic carbocycles. The zero-order valence-corrected chi connectivity index (χ0v) is 15.3. The molecule has 0 spiro atoms. The van der Waals surface area contributed by atoms with Gasteiger partial charge in [0.25, 0.3) is 0 Å². The molecule has 0 N–H and O–H groups in total. The second-order valence-electron chi connectivity index (χ2n) is 5.62. The SMILES string of the molecule is COc1ccc(CN2C(=O)CSC2c2cccc(OC)c2OC)cc1. The molecule has 5 nitrogen and oxygen atoms in total. The molecule has 0 bridgehead atoms. The topological polar surface area (TPSA) is 48.0 Å². The van der Waals surface area contributed by atoms with Gasteiger partial charge in [0.15, 0.2) is 11.5 Å². The number of amides is 1. The molecular formula is C19H21NO4S. The molecule has 0 aromatic heterocycles. The molecule has 6 heteroatoms. The first-order valence-corrected chi connectivity index (χ1v) is 8.97. The number of rotatable bonds is 6. The molecule has 2 aromatic rings. The molecule has 1 heterocycles. The largest absolute Gasteiger partial charge is 0.497 e. The van der Waals surface area contributed by atoms with E-state index in [0.29, 0.717) is 23.8 Å². The summed E-state index contributed by atoms with van der Waals surface area (Å²) in [5.41, 5.74) is 2.01. The summed E-state index contributed by atoms with van der Waals surface area (Å²) in [5, 5.41) is -0.0975. The number of thioether (sulfide) groups is 1. The van der Waals surface area contributed by atoms with Gasteiger partial charge in [-0.15, -0.1) is 11.8 Å². The third-order valence-electron chi connectivity index (χ3n) is 4.18. The molecule has 0 saturated carbocycles. The lowest BCUT2D eigenvalue weighted by atomic mass is 10.1. The summed E-state index contributed by atoms with van der Waals surface area (Å²) in [6.07, 6.45) is 0. The van der Waals surface area contributed by atoms with Gasteiger partial charge in [0.05, 0.1) is 27.1 Å². The summed E-state index contributed by atoms with van der Waals surface area (Å²) in [4.78, 5) is 14.3. The van der Waals surface area contributed by atoms with Crippen LogP contribution in [-0.4, -0.2) is 37.9 Å². The monoisotopic (exact) mass is 359 g/mol. The van der Waals surface area contributed by atoms with Crippen LogP contribution >= 0.6 is 11.8 Å². The Kier molecular flexibility index (Phi) is 5.38. The average Bonchev–Trinajstić information content (AvgIpc) is 3.02. The van der Waals surface area contributed by atoms with Gasteiger partial charge in [-0.3, -0.25) is 4.79 Å². The lowest BCUT2D eigenvalue weighted by Gasteiger charge is -2.26. The van der Waals surface area contributed by atoms with Crippen LogP contribution in [0.5, 0.6) is 17.2 Å². The molecule has 25 heavy (non-hydrogen) atoms. The molecule has 1 fully saturated rings. The van der Waals surface area contributed by atoms with Gasteiger partial charge in [0.2, 0.25) is 5.91 Å². The van der Waals surface area contributed by atoms with Crippen LogP contribution in [-0.2, 0) is 11.3 Å². The predicted octanol–water partition coefficient (Wildman–Crippen LogP) is 3.49. The maximum Gasteiger partial charge on any atom is 0.234 e. The van der Waals surface area contributed by atoms with E-state index in [1.807, 2.05) is 47.4 Å². The number of hydrogen-bond donors (Lipinski definition) is 0. The standard InChI is InChI=1S/C19H21NO4S/c1-22-14-9-7-13(8-10-14)11-20-17(21)12-25-19(20)15-5-4-6-16(23-2)18(15)24-3/h4-10,19H,11-12H2,1-3H3. The first kappa shape index (κ1) is 17.5. The third kappa shape index (κ3) is 3.54. The Balaban J connectivity index is 1.89. The fourth-order valence-corrected chi connectivity index (χ4v) is 4.12. The summed E-state index contributed by atoms with van der Waals surface area (Å²) >= 11 is 1.60. The Morgan fingerprint density at radius 2 is 1.80 bits per heavy atom. The smallest absolute Gasteiger partial charge is 0.234 e. The number of nitrogens with zero attached hydrogens (tertiary/aromatic N) is 1. The van der Waals surface area contributed by atoms with Gasteiger partial charge in [0, 0.05) is 12.1 Å². The van der Waals surface area contributed by atoms with Gasteiger partial charge in [0.1, 0.15) is 11.1 Å². The molecule has 1 amide bonds. The van der Waals surface area contributed by atoms with Crippen LogP contribution in [0.15, 0.2) is 42.5 Å². The van der Waals surface area contributed by atoms with Crippen molar-refractivity contribution in [3.8, 4) is 17.2 Å².